The lowest BCUT2D eigenvalue weighted by Crippen LogP contribution is -2.50. The molecule has 4 N–H and O–H groups in total. The molecule has 0 aliphatic heterocycles. The van der Waals surface area contributed by atoms with E-state index in [1.165, 1.54) is 6.42 Å². The van der Waals surface area contributed by atoms with Gasteiger partial charge in [0, 0.05) is 13.1 Å². The third kappa shape index (κ3) is 5.73. The van der Waals surface area contributed by atoms with Crippen LogP contribution in [0.4, 0.5) is 0 Å². The average Bonchev–Trinajstić information content (AvgIpc) is 2.46. The Morgan fingerprint density at radius 1 is 1.29 bits per heavy atom. The quantitative estimate of drug-likeness (QED) is 0.633. The molecule has 1 saturated carbocycles. The van der Waals surface area contributed by atoms with Crippen LogP contribution in [0.25, 0.3) is 0 Å². The van der Waals surface area contributed by atoms with E-state index in [2.05, 4.69) is 10.0 Å². The van der Waals surface area contributed by atoms with Crippen LogP contribution < -0.4 is 15.8 Å². The van der Waals surface area contributed by atoms with Crippen molar-refractivity contribution in [3.05, 3.63) is 35.9 Å². The molecule has 0 bridgehead atoms. The molecule has 24 heavy (non-hydrogen) atoms. The summed E-state index contributed by atoms with van der Waals surface area (Å²) in [6.07, 6.45) is 3.35. The SMILES string of the molecule is CC(N)(C(=O)NCCS(=O)(=O)NCC1CCC1)c1ccccc1.Cl. The topological polar surface area (TPSA) is 101 Å². The summed E-state index contributed by atoms with van der Waals surface area (Å²) in [4.78, 5) is 12.2. The van der Waals surface area contributed by atoms with Gasteiger partial charge in [0.2, 0.25) is 15.9 Å². The molecule has 8 heteroatoms. The van der Waals surface area contributed by atoms with E-state index in [0.29, 0.717) is 18.0 Å². The zero-order valence-corrected chi connectivity index (χ0v) is 15.5. The van der Waals surface area contributed by atoms with Gasteiger partial charge in [0.25, 0.3) is 0 Å². The van der Waals surface area contributed by atoms with Crippen LogP contribution in [0.15, 0.2) is 30.3 Å². The third-order valence-electron chi connectivity index (χ3n) is 4.32. The number of halogens is 1. The van der Waals surface area contributed by atoms with E-state index in [9.17, 15) is 13.2 Å². The Morgan fingerprint density at radius 3 is 2.46 bits per heavy atom. The molecule has 1 aromatic rings. The molecular weight excluding hydrogens is 350 g/mol. The fourth-order valence-corrected chi connectivity index (χ4v) is 3.42. The molecule has 136 valence electrons. The second-order valence-corrected chi connectivity index (χ2v) is 8.21. The summed E-state index contributed by atoms with van der Waals surface area (Å²) in [6, 6.07) is 9.01. The van der Waals surface area contributed by atoms with Gasteiger partial charge in [-0.1, -0.05) is 36.8 Å². The number of rotatable bonds is 8. The Balaban J connectivity index is 0.00000288. The Morgan fingerprint density at radius 2 is 1.92 bits per heavy atom. The number of carbonyl (C=O) groups is 1. The summed E-state index contributed by atoms with van der Waals surface area (Å²) in [7, 11) is -3.36. The second kappa shape index (κ2) is 8.80. The molecule has 0 spiro atoms. The van der Waals surface area contributed by atoms with Gasteiger partial charge in [-0.25, -0.2) is 13.1 Å². The van der Waals surface area contributed by atoms with E-state index in [1.807, 2.05) is 18.2 Å². The van der Waals surface area contributed by atoms with Gasteiger partial charge in [-0.15, -0.1) is 12.4 Å². The molecule has 1 aromatic carbocycles. The molecular formula is C16H26ClN3O3S. The third-order valence-corrected chi connectivity index (χ3v) is 5.67. The highest BCUT2D eigenvalue weighted by Gasteiger charge is 2.30. The predicted molar refractivity (Wildman–Crippen MR) is 97.4 cm³/mol. The molecule has 1 aliphatic carbocycles. The van der Waals surface area contributed by atoms with Gasteiger partial charge in [0.1, 0.15) is 5.54 Å². The average molecular weight is 376 g/mol. The van der Waals surface area contributed by atoms with Crippen molar-refractivity contribution in [2.75, 3.05) is 18.8 Å². The molecule has 1 unspecified atom stereocenters. The normalized spacial score (nSPS) is 17.2. The maximum atomic E-state index is 12.2. The zero-order valence-electron chi connectivity index (χ0n) is 13.8. The van der Waals surface area contributed by atoms with Crippen molar-refractivity contribution >= 4 is 28.3 Å². The highest BCUT2D eigenvalue weighted by Crippen LogP contribution is 2.25. The van der Waals surface area contributed by atoms with Crippen LogP contribution in [-0.2, 0) is 20.4 Å². The number of hydrogen-bond acceptors (Lipinski definition) is 4. The lowest BCUT2D eigenvalue weighted by Gasteiger charge is -2.25. The van der Waals surface area contributed by atoms with Crippen LogP contribution >= 0.6 is 12.4 Å². The van der Waals surface area contributed by atoms with E-state index >= 15 is 0 Å². The molecule has 0 aromatic heterocycles. The summed E-state index contributed by atoms with van der Waals surface area (Å²) >= 11 is 0. The standard InChI is InChI=1S/C16H25N3O3S.ClH/c1-16(17,14-8-3-2-4-9-14)15(20)18-10-11-23(21,22)19-12-13-6-5-7-13;/h2-4,8-9,13,19H,5-7,10-12,17H2,1H3,(H,18,20);1H. The molecule has 1 fully saturated rings. The van der Waals surface area contributed by atoms with Gasteiger partial charge in [0.15, 0.2) is 0 Å². The van der Waals surface area contributed by atoms with Crippen LogP contribution in [0.3, 0.4) is 0 Å². The van der Waals surface area contributed by atoms with Gasteiger partial charge in [-0.3, -0.25) is 4.79 Å². The lowest BCUT2D eigenvalue weighted by atomic mass is 9.86. The van der Waals surface area contributed by atoms with E-state index in [0.717, 1.165) is 12.8 Å². The number of hydrogen-bond donors (Lipinski definition) is 3. The van der Waals surface area contributed by atoms with Crippen molar-refractivity contribution < 1.29 is 13.2 Å². The fraction of sp³-hybridized carbons (Fsp3) is 0.562. The first kappa shape index (κ1) is 20.9. The first-order chi connectivity index (χ1) is 10.8. The van der Waals surface area contributed by atoms with Gasteiger partial charge in [-0.2, -0.15) is 0 Å². The summed E-state index contributed by atoms with van der Waals surface area (Å²) in [5.41, 5.74) is 5.57. The zero-order chi connectivity index (χ0) is 16.9. The highest BCUT2D eigenvalue weighted by molar-refractivity contribution is 7.89. The van der Waals surface area contributed by atoms with Crippen molar-refractivity contribution in [3.8, 4) is 0 Å². The molecule has 1 atom stereocenters. The Bertz CT molecular complexity index is 631. The minimum atomic E-state index is -3.36. The lowest BCUT2D eigenvalue weighted by molar-refractivity contribution is -0.125. The Labute approximate surface area is 150 Å². The minimum Gasteiger partial charge on any atom is -0.353 e. The molecule has 2 rings (SSSR count). The van der Waals surface area contributed by atoms with Crippen molar-refractivity contribution in [2.45, 2.75) is 31.7 Å². The Hall–Kier alpha value is -1.15. The molecule has 6 nitrogen and oxygen atoms in total. The monoisotopic (exact) mass is 375 g/mol. The fourth-order valence-electron chi connectivity index (χ4n) is 2.41. The first-order valence-electron chi connectivity index (χ1n) is 7.91. The van der Waals surface area contributed by atoms with E-state index in [4.69, 9.17) is 5.73 Å². The van der Waals surface area contributed by atoms with Crippen molar-refractivity contribution in [1.29, 1.82) is 0 Å². The molecule has 1 aliphatic rings. The van der Waals surface area contributed by atoms with Crippen molar-refractivity contribution in [1.82, 2.24) is 10.0 Å². The van der Waals surface area contributed by atoms with E-state index in [1.54, 1.807) is 19.1 Å². The van der Waals surface area contributed by atoms with Gasteiger partial charge in [-0.05, 0) is 31.2 Å². The largest absolute Gasteiger partial charge is 0.353 e. The molecule has 1 amide bonds. The molecule has 0 saturated heterocycles. The summed E-state index contributed by atoms with van der Waals surface area (Å²) in [5.74, 6) is -0.0706. The predicted octanol–water partition coefficient (Wildman–Crippen LogP) is 1.12. The summed E-state index contributed by atoms with van der Waals surface area (Å²) in [6.45, 7) is 2.15. The summed E-state index contributed by atoms with van der Waals surface area (Å²) < 4.78 is 26.4. The highest BCUT2D eigenvalue weighted by atomic mass is 35.5. The number of nitrogens with two attached hydrogens (primary N) is 1. The Kier molecular flexibility index (Phi) is 7.66. The first-order valence-corrected chi connectivity index (χ1v) is 9.56. The molecule has 0 heterocycles. The molecule has 0 radical (unpaired) electrons. The maximum Gasteiger partial charge on any atom is 0.244 e. The van der Waals surface area contributed by atoms with E-state index < -0.39 is 21.5 Å². The van der Waals surface area contributed by atoms with E-state index in [-0.39, 0.29) is 24.7 Å². The van der Waals surface area contributed by atoms with Crippen LogP contribution in [-0.4, -0.2) is 33.2 Å². The van der Waals surface area contributed by atoms with Crippen LogP contribution in [0.2, 0.25) is 0 Å². The maximum absolute atomic E-state index is 12.2. The number of nitrogens with one attached hydrogen (secondary N) is 2. The number of benzene rings is 1. The van der Waals surface area contributed by atoms with Gasteiger partial charge in [0.05, 0.1) is 5.75 Å². The van der Waals surface area contributed by atoms with Crippen LogP contribution in [0, 0.1) is 5.92 Å². The number of carbonyl (C=O) groups excluding carboxylic acids is 1. The van der Waals surface area contributed by atoms with Crippen LogP contribution in [0.5, 0.6) is 0 Å². The number of sulfonamides is 1. The van der Waals surface area contributed by atoms with Crippen molar-refractivity contribution in [3.63, 3.8) is 0 Å². The minimum absolute atomic E-state index is 0. The second-order valence-electron chi connectivity index (χ2n) is 6.29. The summed E-state index contributed by atoms with van der Waals surface area (Å²) in [5, 5.41) is 2.61. The van der Waals surface area contributed by atoms with Gasteiger partial charge >= 0.3 is 0 Å². The van der Waals surface area contributed by atoms with Crippen LogP contribution in [0.1, 0.15) is 31.7 Å². The van der Waals surface area contributed by atoms with Crippen molar-refractivity contribution in [2.24, 2.45) is 11.7 Å². The number of amides is 1. The smallest absolute Gasteiger partial charge is 0.244 e. The van der Waals surface area contributed by atoms with Gasteiger partial charge < -0.3 is 11.1 Å².